The second-order valence-corrected chi connectivity index (χ2v) is 8.30. The first kappa shape index (κ1) is 21.5. The van der Waals surface area contributed by atoms with Gasteiger partial charge >= 0.3 is 5.97 Å². The predicted octanol–water partition coefficient (Wildman–Crippen LogP) is 2.71. The average molecular weight is 411 g/mol. The van der Waals surface area contributed by atoms with E-state index in [-0.39, 0.29) is 16.0 Å². The van der Waals surface area contributed by atoms with Crippen molar-refractivity contribution in [1.29, 1.82) is 0 Å². The third-order valence-electron chi connectivity index (χ3n) is 4.00. The lowest BCUT2D eigenvalue weighted by atomic mass is 10.1. The molecular formula is C19H19F2NO5S. The lowest BCUT2D eigenvalue weighted by Gasteiger charge is -2.15. The summed E-state index contributed by atoms with van der Waals surface area (Å²) in [6, 6.07) is 6.22. The van der Waals surface area contributed by atoms with E-state index in [1.54, 1.807) is 6.92 Å². The van der Waals surface area contributed by atoms with Crippen molar-refractivity contribution in [2.75, 3.05) is 12.9 Å². The molecular weight excluding hydrogens is 392 g/mol. The number of aryl methyl sites for hydroxylation is 1. The van der Waals surface area contributed by atoms with Crippen LogP contribution < -0.4 is 5.32 Å². The van der Waals surface area contributed by atoms with Gasteiger partial charge in [-0.3, -0.25) is 4.79 Å². The first-order chi connectivity index (χ1) is 13.0. The second kappa shape index (κ2) is 8.47. The molecule has 0 unspecified atom stereocenters. The van der Waals surface area contributed by atoms with Crippen LogP contribution in [0.1, 0.15) is 34.5 Å². The molecule has 0 aromatic heterocycles. The predicted molar refractivity (Wildman–Crippen MR) is 97.5 cm³/mol. The van der Waals surface area contributed by atoms with Crippen LogP contribution in [0.25, 0.3) is 0 Å². The number of sulfone groups is 1. The standard InChI is InChI=1S/C19H19F2NO5S/c1-11-4-6-14(28(3,25)26)9-16(11)19(24)27-10-18(23)22-12(2)15-7-5-13(20)8-17(15)21/h4-9,12H,10H2,1-3H3,(H,22,23)/t12-/m1/s1. The quantitative estimate of drug-likeness (QED) is 0.739. The van der Waals surface area contributed by atoms with Gasteiger partial charge in [0.2, 0.25) is 0 Å². The monoisotopic (exact) mass is 411 g/mol. The van der Waals surface area contributed by atoms with Crippen LogP contribution in [0.4, 0.5) is 8.78 Å². The Morgan fingerprint density at radius 3 is 2.43 bits per heavy atom. The van der Waals surface area contributed by atoms with Gasteiger partial charge in [-0.25, -0.2) is 22.0 Å². The molecule has 0 aliphatic heterocycles. The Hall–Kier alpha value is -2.81. The number of nitrogens with one attached hydrogen (secondary N) is 1. The summed E-state index contributed by atoms with van der Waals surface area (Å²) in [6.07, 6.45) is 1.01. The number of hydrogen-bond donors (Lipinski definition) is 1. The van der Waals surface area contributed by atoms with Gasteiger partial charge in [0, 0.05) is 17.9 Å². The summed E-state index contributed by atoms with van der Waals surface area (Å²) in [4.78, 5) is 24.1. The maximum absolute atomic E-state index is 13.7. The molecule has 0 heterocycles. The van der Waals surface area contributed by atoms with Crippen LogP contribution in [0.2, 0.25) is 0 Å². The molecule has 2 aromatic carbocycles. The smallest absolute Gasteiger partial charge is 0.338 e. The number of esters is 1. The lowest BCUT2D eigenvalue weighted by Crippen LogP contribution is -2.31. The van der Waals surface area contributed by atoms with Gasteiger partial charge in [0.05, 0.1) is 16.5 Å². The molecule has 0 radical (unpaired) electrons. The number of rotatable bonds is 6. The molecule has 1 atom stereocenters. The van der Waals surface area contributed by atoms with E-state index in [9.17, 15) is 26.8 Å². The van der Waals surface area contributed by atoms with Crippen molar-refractivity contribution in [3.63, 3.8) is 0 Å². The Bertz CT molecular complexity index is 1020. The Labute approximate surface area is 161 Å². The molecule has 28 heavy (non-hydrogen) atoms. The minimum atomic E-state index is -3.51. The minimum Gasteiger partial charge on any atom is -0.452 e. The Morgan fingerprint density at radius 2 is 1.82 bits per heavy atom. The molecule has 1 amide bonds. The van der Waals surface area contributed by atoms with E-state index in [0.717, 1.165) is 12.3 Å². The highest BCUT2D eigenvalue weighted by atomic mass is 32.2. The summed E-state index contributed by atoms with van der Waals surface area (Å²) in [5.41, 5.74) is 0.589. The van der Waals surface area contributed by atoms with Crippen molar-refractivity contribution in [3.05, 3.63) is 64.7 Å². The summed E-state index contributed by atoms with van der Waals surface area (Å²) in [5.74, 6) is -3.10. The highest BCUT2D eigenvalue weighted by Crippen LogP contribution is 2.18. The van der Waals surface area contributed by atoms with Crippen LogP contribution >= 0.6 is 0 Å². The fraction of sp³-hybridized carbons (Fsp3) is 0.263. The molecule has 0 aliphatic rings. The molecule has 6 nitrogen and oxygen atoms in total. The molecule has 0 bridgehead atoms. The van der Waals surface area contributed by atoms with Gasteiger partial charge in [-0.2, -0.15) is 0 Å². The van der Waals surface area contributed by atoms with Crippen molar-refractivity contribution < 1.29 is 31.5 Å². The van der Waals surface area contributed by atoms with Crippen molar-refractivity contribution in [2.24, 2.45) is 0 Å². The van der Waals surface area contributed by atoms with Crippen LogP contribution in [-0.2, 0) is 19.4 Å². The number of amides is 1. The molecule has 0 spiro atoms. The molecule has 2 aromatic rings. The number of ether oxygens (including phenoxy) is 1. The van der Waals surface area contributed by atoms with Crippen molar-refractivity contribution in [2.45, 2.75) is 24.8 Å². The van der Waals surface area contributed by atoms with Gasteiger partial charge in [-0.05, 0) is 37.6 Å². The Morgan fingerprint density at radius 1 is 1.14 bits per heavy atom. The zero-order valence-corrected chi connectivity index (χ0v) is 16.3. The van der Waals surface area contributed by atoms with Crippen LogP contribution in [-0.4, -0.2) is 33.2 Å². The van der Waals surface area contributed by atoms with Crippen LogP contribution in [0.15, 0.2) is 41.3 Å². The first-order valence-corrected chi connectivity index (χ1v) is 10.1. The van der Waals surface area contributed by atoms with Crippen LogP contribution in [0.3, 0.4) is 0 Å². The Balaban J connectivity index is 2.02. The topological polar surface area (TPSA) is 89.5 Å². The lowest BCUT2D eigenvalue weighted by molar-refractivity contribution is -0.124. The second-order valence-electron chi connectivity index (χ2n) is 6.28. The SMILES string of the molecule is Cc1ccc(S(C)(=O)=O)cc1C(=O)OCC(=O)N[C@H](C)c1ccc(F)cc1F. The van der Waals surface area contributed by atoms with Gasteiger partial charge in [-0.15, -0.1) is 0 Å². The number of benzene rings is 2. The molecule has 0 aliphatic carbocycles. The Kier molecular flexibility index (Phi) is 6.50. The summed E-state index contributed by atoms with van der Waals surface area (Å²) >= 11 is 0. The van der Waals surface area contributed by atoms with Crippen molar-refractivity contribution in [3.8, 4) is 0 Å². The fourth-order valence-corrected chi connectivity index (χ4v) is 3.12. The van der Waals surface area contributed by atoms with E-state index in [1.165, 1.54) is 31.2 Å². The molecule has 0 fully saturated rings. The maximum Gasteiger partial charge on any atom is 0.338 e. The molecule has 1 N–H and O–H groups in total. The van der Waals surface area contributed by atoms with E-state index < -0.39 is 46.0 Å². The number of hydrogen-bond acceptors (Lipinski definition) is 5. The normalized spacial score (nSPS) is 12.3. The van der Waals surface area contributed by atoms with E-state index in [0.29, 0.717) is 11.6 Å². The van der Waals surface area contributed by atoms with Gasteiger partial charge in [0.1, 0.15) is 11.6 Å². The third-order valence-corrected chi connectivity index (χ3v) is 5.11. The van der Waals surface area contributed by atoms with Gasteiger partial charge < -0.3 is 10.1 Å². The van der Waals surface area contributed by atoms with E-state index in [1.807, 2.05) is 0 Å². The zero-order chi connectivity index (χ0) is 21.1. The maximum atomic E-state index is 13.7. The van der Waals surface area contributed by atoms with E-state index in [2.05, 4.69) is 5.32 Å². The molecule has 0 saturated carbocycles. The van der Waals surface area contributed by atoms with Crippen LogP contribution in [0, 0.1) is 18.6 Å². The molecule has 150 valence electrons. The fourth-order valence-electron chi connectivity index (χ4n) is 2.47. The highest BCUT2D eigenvalue weighted by molar-refractivity contribution is 7.90. The summed E-state index contributed by atoms with van der Waals surface area (Å²) in [6.45, 7) is 2.45. The van der Waals surface area contributed by atoms with E-state index in [4.69, 9.17) is 4.74 Å². The number of carbonyl (C=O) groups excluding carboxylic acids is 2. The van der Waals surface area contributed by atoms with Crippen LogP contribution in [0.5, 0.6) is 0 Å². The molecule has 9 heteroatoms. The number of halogens is 2. The van der Waals surface area contributed by atoms with Gasteiger partial charge in [-0.1, -0.05) is 12.1 Å². The minimum absolute atomic E-state index is 0.0216. The summed E-state index contributed by atoms with van der Waals surface area (Å²) in [5, 5.41) is 2.44. The third kappa shape index (κ3) is 5.35. The van der Waals surface area contributed by atoms with Gasteiger partial charge in [0.25, 0.3) is 5.91 Å². The average Bonchev–Trinajstić information content (AvgIpc) is 2.58. The summed E-state index contributed by atoms with van der Waals surface area (Å²) < 4.78 is 54.9. The molecule has 2 rings (SSSR count). The van der Waals surface area contributed by atoms with Crippen molar-refractivity contribution in [1.82, 2.24) is 5.32 Å². The van der Waals surface area contributed by atoms with Crippen molar-refractivity contribution >= 4 is 21.7 Å². The zero-order valence-electron chi connectivity index (χ0n) is 15.5. The highest BCUT2D eigenvalue weighted by Gasteiger charge is 2.18. The number of carbonyl (C=O) groups is 2. The first-order valence-electron chi connectivity index (χ1n) is 8.21. The van der Waals surface area contributed by atoms with Gasteiger partial charge in [0.15, 0.2) is 16.4 Å². The molecule has 0 saturated heterocycles. The largest absolute Gasteiger partial charge is 0.452 e. The van der Waals surface area contributed by atoms with E-state index >= 15 is 0 Å². The summed E-state index contributed by atoms with van der Waals surface area (Å²) in [7, 11) is -3.51.